The molecule has 0 bridgehead atoms. The summed E-state index contributed by atoms with van der Waals surface area (Å²) in [7, 11) is 0. The van der Waals surface area contributed by atoms with Gasteiger partial charge in [-0.3, -0.25) is 4.79 Å². The lowest BCUT2D eigenvalue weighted by atomic mass is 9.75. The molecule has 0 saturated heterocycles. The van der Waals surface area contributed by atoms with Crippen LogP contribution in [-0.2, 0) is 4.79 Å². The summed E-state index contributed by atoms with van der Waals surface area (Å²) < 4.78 is 38.9. The zero-order valence-electron chi connectivity index (χ0n) is 10.7. The second-order valence-corrected chi connectivity index (χ2v) is 6.36. The fourth-order valence-electron chi connectivity index (χ4n) is 3.09. The van der Waals surface area contributed by atoms with Crippen molar-refractivity contribution in [1.29, 1.82) is 0 Å². The van der Waals surface area contributed by atoms with Crippen LogP contribution in [0.1, 0.15) is 44.9 Å². The molecule has 0 radical (unpaired) electrons. The number of alkyl halides is 4. The fourth-order valence-corrected chi connectivity index (χ4v) is 3.79. The number of carbonyl (C=O) groups is 1. The molecular formula is C13H19BrF3NO. The molecule has 2 fully saturated rings. The van der Waals surface area contributed by atoms with E-state index in [9.17, 15) is 18.0 Å². The number of hydrogen-bond acceptors (Lipinski definition) is 1. The highest BCUT2D eigenvalue weighted by molar-refractivity contribution is 9.09. The minimum Gasteiger partial charge on any atom is -0.350 e. The molecule has 2 saturated carbocycles. The van der Waals surface area contributed by atoms with Gasteiger partial charge in [0.2, 0.25) is 5.91 Å². The molecule has 0 aliphatic heterocycles. The van der Waals surface area contributed by atoms with Crippen LogP contribution in [0, 0.1) is 11.8 Å². The van der Waals surface area contributed by atoms with Crippen molar-refractivity contribution in [3.63, 3.8) is 0 Å². The van der Waals surface area contributed by atoms with E-state index in [1.807, 2.05) is 0 Å². The number of rotatable bonds is 3. The Balaban J connectivity index is 2.03. The van der Waals surface area contributed by atoms with E-state index in [0.29, 0.717) is 24.6 Å². The number of amides is 1. The van der Waals surface area contributed by atoms with Crippen LogP contribution >= 0.6 is 15.9 Å². The van der Waals surface area contributed by atoms with Gasteiger partial charge >= 0.3 is 6.18 Å². The van der Waals surface area contributed by atoms with Gasteiger partial charge in [0.05, 0.1) is 5.92 Å². The molecule has 2 nitrogen and oxygen atoms in total. The van der Waals surface area contributed by atoms with Gasteiger partial charge in [-0.2, -0.15) is 13.2 Å². The Bertz CT molecular complexity index is 336. The normalized spacial score (nSPS) is 30.5. The minimum absolute atomic E-state index is 0.0862. The second-order valence-electron chi connectivity index (χ2n) is 5.80. The third-order valence-corrected chi connectivity index (χ3v) is 5.55. The van der Waals surface area contributed by atoms with Crippen LogP contribution in [0.4, 0.5) is 13.2 Å². The first-order valence-electron chi connectivity index (χ1n) is 6.83. The minimum atomic E-state index is -4.26. The fraction of sp³-hybridized carbons (Fsp3) is 0.923. The molecule has 0 spiro atoms. The Kier molecular flexibility index (Phi) is 4.48. The van der Waals surface area contributed by atoms with Crippen molar-refractivity contribution in [2.24, 2.45) is 11.8 Å². The molecule has 1 amide bonds. The van der Waals surface area contributed by atoms with Gasteiger partial charge < -0.3 is 5.32 Å². The second kappa shape index (κ2) is 5.62. The van der Waals surface area contributed by atoms with Crippen molar-refractivity contribution in [2.45, 2.75) is 56.7 Å². The molecule has 0 aromatic rings. The summed E-state index contributed by atoms with van der Waals surface area (Å²) in [6.07, 6.45) is 0.199. The van der Waals surface area contributed by atoms with Gasteiger partial charge in [0, 0.05) is 16.8 Å². The largest absolute Gasteiger partial charge is 0.392 e. The summed E-state index contributed by atoms with van der Waals surface area (Å²) in [6, 6.07) is 0. The molecule has 2 rings (SSSR count). The predicted molar refractivity (Wildman–Crippen MR) is 70.0 cm³/mol. The number of nitrogens with one attached hydrogen (secondary N) is 1. The summed E-state index contributed by atoms with van der Waals surface area (Å²) >= 11 is 3.35. The smallest absolute Gasteiger partial charge is 0.350 e. The summed E-state index contributed by atoms with van der Waals surface area (Å²) in [5.74, 6) is -2.76. The Morgan fingerprint density at radius 3 is 2.32 bits per heavy atom. The molecule has 2 atom stereocenters. The average molecular weight is 342 g/mol. The van der Waals surface area contributed by atoms with Gasteiger partial charge in [0.15, 0.2) is 0 Å². The van der Waals surface area contributed by atoms with E-state index in [-0.39, 0.29) is 12.0 Å². The van der Waals surface area contributed by atoms with Crippen LogP contribution in [0.25, 0.3) is 0 Å². The maximum Gasteiger partial charge on any atom is 0.392 e. The van der Waals surface area contributed by atoms with E-state index in [4.69, 9.17) is 0 Å². The van der Waals surface area contributed by atoms with Crippen LogP contribution in [-0.4, -0.2) is 23.0 Å². The highest BCUT2D eigenvalue weighted by atomic mass is 79.9. The van der Waals surface area contributed by atoms with Crippen LogP contribution in [0.2, 0.25) is 0 Å². The molecule has 0 aromatic carbocycles. The molecule has 2 aliphatic rings. The molecule has 1 N–H and O–H groups in total. The molecule has 6 heteroatoms. The molecule has 2 unspecified atom stereocenters. The first kappa shape index (κ1) is 15.1. The van der Waals surface area contributed by atoms with Crippen molar-refractivity contribution in [3.8, 4) is 0 Å². The Labute approximate surface area is 119 Å². The third kappa shape index (κ3) is 3.26. The molecule has 0 aromatic heterocycles. The standard InChI is InChI=1S/C13H19BrF3NO/c14-8-12(6-3-7-12)18-11(19)9-4-1-2-5-10(9)13(15,16)17/h9-10H,1-8H2,(H,18,19). The third-order valence-electron chi connectivity index (χ3n) is 4.48. The van der Waals surface area contributed by atoms with E-state index in [0.717, 1.165) is 19.3 Å². The molecule has 19 heavy (non-hydrogen) atoms. The summed E-state index contributed by atoms with van der Waals surface area (Å²) in [5.41, 5.74) is -0.301. The number of halogens is 4. The van der Waals surface area contributed by atoms with E-state index < -0.39 is 23.9 Å². The van der Waals surface area contributed by atoms with E-state index in [2.05, 4.69) is 21.2 Å². The first-order valence-corrected chi connectivity index (χ1v) is 7.95. The van der Waals surface area contributed by atoms with Crippen LogP contribution in [0.15, 0.2) is 0 Å². The highest BCUT2D eigenvalue weighted by Gasteiger charge is 2.49. The monoisotopic (exact) mass is 341 g/mol. The SMILES string of the molecule is O=C(NC1(CBr)CCC1)C1CCCCC1C(F)(F)F. The maximum atomic E-state index is 13.0. The molecular weight excluding hydrogens is 323 g/mol. The maximum absolute atomic E-state index is 13.0. The Morgan fingerprint density at radius 1 is 1.21 bits per heavy atom. The van der Waals surface area contributed by atoms with Crippen LogP contribution < -0.4 is 5.32 Å². The lowest BCUT2D eigenvalue weighted by Gasteiger charge is -2.43. The van der Waals surface area contributed by atoms with E-state index in [1.165, 1.54) is 0 Å². The van der Waals surface area contributed by atoms with Gasteiger partial charge in [-0.05, 0) is 32.1 Å². The zero-order valence-corrected chi connectivity index (χ0v) is 12.3. The van der Waals surface area contributed by atoms with Crippen molar-refractivity contribution >= 4 is 21.8 Å². The van der Waals surface area contributed by atoms with Crippen molar-refractivity contribution in [2.75, 3.05) is 5.33 Å². The average Bonchev–Trinajstić information content (AvgIpc) is 2.32. The summed E-state index contributed by atoms with van der Waals surface area (Å²) in [6.45, 7) is 0. The molecule has 110 valence electrons. The van der Waals surface area contributed by atoms with Gasteiger partial charge in [0.25, 0.3) is 0 Å². The van der Waals surface area contributed by atoms with Gasteiger partial charge in [0.1, 0.15) is 0 Å². The summed E-state index contributed by atoms with van der Waals surface area (Å²) in [4.78, 5) is 12.2. The van der Waals surface area contributed by atoms with Crippen molar-refractivity contribution < 1.29 is 18.0 Å². The van der Waals surface area contributed by atoms with Gasteiger partial charge in [-0.25, -0.2) is 0 Å². The van der Waals surface area contributed by atoms with Gasteiger partial charge in [-0.15, -0.1) is 0 Å². The van der Waals surface area contributed by atoms with Gasteiger partial charge in [-0.1, -0.05) is 28.8 Å². The molecule has 0 heterocycles. The topological polar surface area (TPSA) is 29.1 Å². The number of hydrogen-bond donors (Lipinski definition) is 1. The number of carbonyl (C=O) groups excluding carboxylic acids is 1. The van der Waals surface area contributed by atoms with E-state index in [1.54, 1.807) is 0 Å². The summed E-state index contributed by atoms with van der Waals surface area (Å²) in [5, 5.41) is 3.49. The van der Waals surface area contributed by atoms with Crippen molar-refractivity contribution in [3.05, 3.63) is 0 Å². The van der Waals surface area contributed by atoms with Crippen molar-refractivity contribution in [1.82, 2.24) is 5.32 Å². The Hall–Kier alpha value is -0.260. The quantitative estimate of drug-likeness (QED) is 0.777. The molecule has 2 aliphatic carbocycles. The lowest BCUT2D eigenvalue weighted by molar-refractivity contribution is -0.198. The van der Waals surface area contributed by atoms with Crippen LogP contribution in [0.3, 0.4) is 0 Å². The van der Waals surface area contributed by atoms with E-state index >= 15 is 0 Å². The Morgan fingerprint density at radius 2 is 1.84 bits per heavy atom. The highest BCUT2D eigenvalue weighted by Crippen LogP contribution is 2.42. The zero-order chi connectivity index (χ0) is 14.1. The predicted octanol–water partition coefficient (Wildman–Crippen LogP) is 3.79. The lowest BCUT2D eigenvalue weighted by Crippen LogP contribution is -2.57. The first-order chi connectivity index (χ1) is 8.88. The van der Waals surface area contributed by atoms with Crippen LogP contribution in [0.5, 0.6) is 0 Å².